The lowest BCUT2D eigenvalue weighted by molar-refractivity contribution is 0.280. The largest absolute Gasteiger partial charge is 0.0654 e. The SMILES string of the molecule is CCCCCC(C)(C)CCC.CCCCCCCCCCCC1CCCC1CC(C)CC1CC1. The average molecular weight is 477 g/mol. The van der Waals surface area contributed by atoms with Crippen molar-refractivity contribution in [1.29, 1.82) is 0 Å². The summed E-state index contributed by atoms with van der Waals surface area (Å²) < 4.78 is 0. The molecule has 0 N–H and O–H groups in total. The third-order valence-corrected chi connectivity index (χ3v) is 9.02. The summed E-state index contributed by atoms with van der Waals surface area (Å²) >= 11 is 0. The highest BCUT2D eigenvalue weighted by Crippen LogP contribution is 2.42. The summed E-state index contributed by atoms with van der Waals surface area (Å²) in [6.45, 7) is 14.2. The standard InChI is InChI=1S/C23H44.C11H24/c1-3-4-5-6-7-8-9-10-11-13-22-14-12-15-23(22)19-20(2)18-21-16-17-21;1-5-7-8-10-11(3,4)9-6-2/h20-23H,3-19H2,1-2H3;5-10H2,1-4H3. The summed E-state index contributed by atoms with van der Waals surface area (Å²) in [5, 5.41) is 0. The molecule has 2 aliphatic carbocycles. The van der Waals surface area contributed by atoms with E-state index in [0.717, 1.165) is 23.7 Å². The van der Waals surface area contributed by atoms with Crippen LogP contribution in [0.2, 0.25) is 0 Å². The van der Waals surface area contributed by atoms with Crippen molar-refractivity contribution in [1.82, 2.24) is 0 Å². The van der Waals surface area contributed by atoms with Crippen LogP contribution in [-0.4, -0.2) is 0 Å². The summed E-state index contributed by atoms with van der Waals surface area (Å²) in [6, 6.07) is 0. The molecule has 0 aromatic rings. The average Bonchev–Trinajstić information content (AvgIpc) is 3.50. The fourth-order valence-electron chi connectivity index (χ4n) is 6.71. The van der Waals surface area contributed by atoms with Gasteiger partial charge in [0.1, 0.15) is 0 Å². The lowest BCUT2D eigenvalue weighted by Crippen LogP contribution is -2.12. The molecule has 2 saturated carbocycles. The summed E-state index contributed by atoms with van der Waals surface area (Å²) in [5.41, 5.74) is 0.601. The topological polar surface area (TPSA) is 0 Å². The van der Waals surface area contributed by atoms with Gasteiger partial charge in [-0.15, -0.1) is 0 Å². The maximum absolute atomic E-state index is 2.53. The molecule has 34 heavy (non-hydrogen) atoms. The van der Waals surface area contributed by atoms with Gasteiger partial charge in [-0.1, -0.05) is 164 Å². The first-order valence-electron chi connectivity index (χ1n) is 16.4. The van der Waals surface area contributed by atoms with Crippen LogP contribution in [0.5, 0.6) is 0 Å². The van der Waals surface area contributed by atoms with Gasteiger partial charge < -0.3 is 0 Å². The number of unbranched alkanes of at least 4 members (excludes halogenated alkanes) is 10. The van der Waals surface area contributed by atoms with E-state index in [9.17, 15) is 0 Å². The molecule has 0 heterocycles. The van der Waals surface area contributed by atoms with Crippen molar-refractivity contribution in [3.63, 3.8) is 0 Å². The zero-order chi connectivity index (χ0) is 25.1. The Bertz CT molecular complexity index is 431. The zero-order valence-corrected chi connectivity index (χ0v) is 25.1. The molecular formula is C34H68. The normalized spacial score (nSPS) is 21.4. The van der Waals surface area contributed by atoms with Gasteiger partial charge in [0.15, 0.2) is 0 Å². The van der Waals surface area contributed by atoms with Crippen molar-refractivity contribution in [2.75, 3.05) is 0 Å². The maximum Gasteiger partial charge on any atom is -0.0354 e. The van der Waals surface area contributed by atoms with Crippen LogP contribution in [-0.2, 0) is 0 Å². The second kappa shape index (κ2) is 20.1. The van der Waals surface area contributed by atoms with Gasteiger partial charge in [-0.3, -0.25) is 0 Å². The van der Waals surface area contributed by atoms with Crippen molar-refractivity contribution in [3.8, 4) is 0 Å². The van der Waals surface area contributed by atoms with Crippen molar-refractivity contribution in [2.45, 2.75) is 189 Å². The number of hydrogen-bond donors (Lipinski definition) is 0. The molecule has 0 nitrogen and oxygen atoms in total. The maximum atomic E-state index is 2.53. The third kappa shape index (κ3) is 17.4. The zero-order valence-electron chi connectivity index (χ0n) is 25.1. The Kier molecular flexibility index (Phi) is 18.9. The minimum Gasteiger partial charge on any atom is -0.0654 e. The molecule has 3 unspecified atom stereocenters. The number of rotatable bonds is 20. The van der Waals surface area contributed by atoms with Gasteiger partial charge in [0.25, 0.3) is 0 Å². The smallest absolute Gasteiger partial charge is 0.0354 e. The van der Waals surface area contributed by atoms with Crippen LogP contribution in [0, 0.1) is 29.1 Å². The molecule has 0 aromatic carbocycles. The summed E-state index contributed by atoms with van der Waals surface area (Å²) in [6.07, 6.45) is 34.0. The minimum atomic E-state index is 0.601. The van der Waals surface area contributed by atoms with Crippen LogP contribution in [0.4, 0.5) is 0 Å². The molecule has 0 amide bonds. The molecule has 2 aliphatic rings. The van der Waals surface area contributed by atoms with E-state index in [1.807, 2.05) is 0 Å². The highest BCUT2D eigenvalue weighted by molar-refractivity contribution is 4.82. The van der Waals surface area contributed by atoms with Gasteiger partial charge >= 0.3 is 0 Å². The molecule has 2 fully saturated rings. The van der Waals surface area contributed by atoms with Crippen LogP contribution >= 0.6 is 0 Å². The van der Waals surface area contributed by atoms with E-state index in [-0.39, 0.29) is 0 Å². The van der Waals surface area contributed by atoms with E-state index in [2.05, 4.69) is 41.5 Å². The Labute approximate surface area is 218 Å². The fraction of sp³-hybridized carbons (Fsp3) is 1.00. The summed E-state index contributed by atoms with van der Waals surface area (Å²) in [7, 11) is 0. The van der Waals surface area contributed by atoms with Crippen molar-refractivity contribution in [2.24, 2.45) is 29.1 Å². The predicted molar refractivity (Wildman–Crippen MR) is 157 cm³/mol. The van der Waals surface area contributed by atoms with Crippen LogP contribution < -0.4 is 0 Å². The van der Waals surface area contributed by atoms with E-state index in [1.54, 1.807) is 32.1 Å². The molecule has 0 radical (unpaired) electrons. The Morgan fingerprint density at radius 2 is 1.15 bits per heavy atom. The van der Waals surface area contributed by atoms with Gasteiger partial charge in [0.05, 0.1) is 0 Å². The van der Waals surface area contributed by atoms with Gasteiger partial charge in [0.2, 0.25) is 0 Å². The van der Waals surface area contributed by atoms with Crippen LogP contribution in [0.3, 0.4) is 0 Å². The first kappa shape index (κ1) is 32.0. The highest BCUT2D eigenvalue weighted by atomic mass is 14.4. The predicted octanol–water partition coefficient (Wildman–Crippen LogP) is 12.5. The second-order valence-electron chi connectivity index (χ2n) is 13.5. The molecule has 204 valence electrons. The summed E-state index contributed by atoms with van der Waals surface area (Å²) in [4.78, 5) is 0. The van der Waals surface area contributed by atoms with Gasteiger partial charge in [0, 0.05) is 0 Å². The monoisotopic (exact) mass is 477 g/mol. The van der Waals surface area contributed by atoms with E-state index in [4.69, 9.17) is 0 Å². The molecule has 0 aliphatic heterocycles. The Morgan fingerprint density at radius 1 is 0.588 bits per heavy atom. The Morgan fingerprint density at radius 3 is 1.74 bits per heavy atom. The first-order valence-corrected chi connectivity index (χ1v) is 16.4. The van der Waals surface area contributed by atoms with Crippen molar-refractivity contribution >= 4 is 0 Å². The van der Waals surface area contributed by atoms with Crippen LogP contribution in [0.1, 0.15) is 189 Å². The van der Waals surface area contributed by atoms with Gasteiger partial charge in [-0.25, -0.2) is 0 Å². The van der Waals surface area contributed by atoms with Crippen molar-refractivity contribution in [3.05, 3.63) is 0 Å². The van der Waals surface area contributed by atoms with Gasteiger partial charge in [-0.05, 0) is 54.8 Å². The van der Waals surface area contributed by atoms with Gasteiger partial charge in [-0.2, -0.15) is 0 Å². The Balaban J connectivity index is 0.000000445. The molecule has 2 rings (SSSR count). The first-order chi connectivity index (χ1) is 16.4. The van der Waals surface area contributed by atoms with Crippen molar-refractivity contribution < 1.29 is 0 Å². The second-order valence-corrected chi connectivity index (χ2v) is 13.5. The number of hydrogen-bond acceptors (Lipinski definition) is 0. The van der Waals surface area contributed by atoms with E-state index in [1.165, 1.54) is 116 Å². The summed E-state index contributed by atoms with van der Waals surface area (Å²) in [5.74, 6) is 4.33. The molecule has 0 saturated heterocycles. The molecule has 0 aromatic heterocycles. The molecule has 0 heteroatoms. The quantitative estimate of drug-likeness (QED) is 0.153. The molecule has 0 spiro atoms. The molecular weight excluding hydrogens is 408 g/mol. The fourth-order valence-corrected chi connectivity index (χ4v) is 6.71. The van der Waals surface area contributed by atoms with Crippen LogP contribution in [0.25, 0.3) is 0 Å². The van der Waals surface area contributed by atoms with E-state index >= 15 is 0 Å². The Hall–Kier alpha value is 0. The minimum absolute atomic E-state index is 0.601. The lowest BCUT2D eigenvalue weighted by atomic mass is 9.83. The van der Waals surface area contributed by atoms with Crippen LogP contribution in [0.15, 0.2) is 0 Å². The van der Waals surface area contributed by atoms with E-state index in [0.29, 0.717) is 5.41 Å². The molecule has 3 atom stereocenters. The third-order valence-electron chi connectivity index (χ3n) is 9.02. The highest BCUT2D eigenvalue weighted by Gasteiger charge is 2.30. The molecule has 0 bridgehead atoms. The lowest BCUT2D eigenvalue weighted by Gasteiger charge is -2.23. The van der Waals surface area contributed by atoms with E-state index < -0.39 is 0 Å².